The Kier molecular flexibility index (Phi) is 5.29. The van der Waals surface area contributed by atoms with E-state index in [4.69, 9.17) is 4.74 Å². The summed E-state index contributed by atoms with van der Waals surface area (Å²) < 4.78 is 7.15. The summed E-state index contributed by atoms with van der Waals surface area (Å²) in [5.74, 6) is 0.477. The number of morpholine rings is 1. The number of H-pyrrole nitrogens is 1. The van der Waals surface area contributed by atoms with E-state index >= 15 is 0 Å². The fourth-order valence-electron chi connectivity index (χ4n) is 3.68. The number of hydrogen-bond donors (Lipinski definition) is 2. The minimum absolute atomic E-state index is 0.122. The zero-order chi connectivity index (χ0) is 19.5. The van der Waals surface area contributed by atoms with E-state index in [9.17, 15) is 4.79 Å². The Morgan fingerprint density at radius 3 is 2.57 bits per heavy atom. The lowest BCUT2D eigenvalue weighted by atomic mass is 10.2. The number of imidazole rings is 1. The lowest BCUT2D eigenvalue weighted by Gasteiger charge is -2.28. The molecule has 3 aromatic rings. The van der Waals surface area contributed by atoms with Gasteiger partial charge in [0.1, 0.15) is 5.52 Å². The highest BCUT2D eigenvalue weighted by molar-refractivity contribution is 5.72. The van der Waals surface area contributed by atoms with E-state index in [1.54, 1.807) is 10.8 Å². The fourth-order valence-corrected chi connectivity index (χ4v) is 3.68. The van der Waals surface area contributed by atoms with Crippen molar-refractivity contribution in [3.05, 3.63) is 40.9 Å². The smallest absolute Gasteiger partial charge is 0.327 e. The third-order valence-corrected chi connectivity index (χ3v) is 5.26. The second-order valence-corrected chi connectivity index (χ2v) is 6.97. The Hall–Kier alpha value is -2.87. The van der Waals surface area contributed by atoms with Gasteiger partial charge in [-0.15, -0.1) is 0 Å². The molecule has 2 aromatic heterocycles. The number of aromatic amines is 1. The van der Waals surface area contributed by atoms with Crippen molar-refractivity contribution >= 4 is 28.5 Å². The highest BCUT2D eigenvalue weighted by Crippen LogP contribution is 2.22. The van der Waals surface area contributed by atoms with Crippen LogP contribution in [0.15, 0.2) is 35.3 Å². The molecule has 1 saturated heterocycles. The molecule has 0 saturated carbocycles. The van der Waals surface area contributed by atoms with Gasteiger partial charge in [-0.2, -0.15) is 4.98 Å². The van der Waals surface area contributed by atoms with Crippen LogP contribution >= 0.6 is 0 Å². The molecule has 1 aromatic carbocycles. The first-order valence-electron chi connectivity index (χ1n) is 9.86. The van der Waals surface area contributed by atoms with Gasteiger partial charge in [0.25, 0.3) is 0 Å². The largest absolute Gasteiger partial charge is 0.378 e. The Balaban J connectivity index is 1.57. The molecule has 0 amide bonds. The molecule has 8 nitrogen and oxygen atoms in total. The van der Waals surface area contributed by atoms with E-state index in [2.05, 4.69) is 51.1 Å². The molecule has 148 valence electrons. The normalized spacial score (nSPS) is 14.8. The van der Waals surface area contributed by atoms with E-state index in [0.717, 1.165) is 44.8 Å². The summed E-state index contributed by atoms with van der Waals surface area (Å²) in [6, 6.07) is 8.33. The lowest BCUT2D eigenvalue weighted by Crippen LogP contribution is -2.36. The number of aromatic nitrogens is 4. The first-order valence-corrected chi connectivity index (χ1v) is 9.86. The molecule has 0 unspecified atom stereocenters. The molecule has 0 spiro atoms. The SMILES string of the molecule is CCC(CC)n1c(=O)[nH]c2cnc(Nc3ccc(N4CCOCC4)cc3)nc21. The molecule has 2 N–H and O–H groups in total. The van der Waals surface area contributed by atoms with E-state index in [1.165, 1.54) is 5.69 Å². The molecule has 3 heterocycles. The number of benzene rings is 1. The number of nitrogens with zero attached hydrogens (tertiary/aromatic N) is 4. The Morgan fingerprint density at radius 1 is 1.18 bits per heavy atom. The predicted octanol–water partition coefficient (Wildman–Crippen LogP) is 3.06. The molecule has 8 heteroatoms. The van der Waals surface area contributed by atoms with Crippen LogP contribution in [0.4, 0.5) is 17.3 Å². The number of ether oxygens (including phenoxy) is 1. The van der Waals surface area contributed by atoms with Gasteiger partial charge in [0, 0.05) is 30.5 Å². The fraction of sp³-hybridized carbons (Fsp3) is 0.450. The van der Waals surface area contributed by atoms with E-state index < -0.39 is 0 Å². The number of hydrogen-bond acceptors (Lipinski definition) is 6. The van der Waals surface area contributed by atoms with Crippen LogP contribution in [0, 0.1) is 0 Å². The number of fused-ring (bicyclic) bond motifs is 1. The summed E-state index contributed by atoms with van der Waals surface area (Å²) in [5.41, 5.74) is 3.25. The Bertz CT molecular complexity index is 984. The quantitative estimate of drug-likeness (QED) is 0.681. The van der Waals surface area contributed by atoms with Crippen LogP contribution in [-0.2, 0) is 4.74 Å². The molecule has 28 heavy (non-hydrogen) atoms. The van der Waals surface area contributed by atoms with Crippen molar-refractivity contribution in [3.8, 4) is 0 Å². The van der Waals surface area contributed by atoms with Crippen molar-refractivity contribution in [3.63, 3.8) is 0 Å². The third-order valence-electron chi connectivity index (χ3n) is 5.26. The van der Waals surface area contributed by atoms with Gasteiger partial charge in [-0.1, -0.05) is 13.8 Å². The molecular weight excluding hydrogens is 356 g/mol. The molecule has 0 atom stereocenters. The average molecular weight is 382 g/mol. The number of anilines is 3. The molecule has 1 aliphatic rings. The van der Waals surface area contributed by atoms with Gasteiger partial charge in [-0.05, 0) is 37.1 Å². The second-order valence-electron chi connectivity index (χ2n) is 6.97. The van der Waals surface area contributed by atoms with Gasteiger partial charge < -0.3 is 19.9 Å². The minimum Gasteiger partial charge on any atom is -0.378 e. The summed E-state index contributed by atoms with van der Waals surface area (Å²) in [6.07, 6.45) is 3.41. The predicted molar refractivity (Wildman–Crippen MR) is 111 cm³/mol. The zero-order valence-electron chi connectivity index (χ0n) is 16.3. The first-order chi connectivity index (χ1) is 13.7. The van der Waals surface area contributed by atoms with Crippen LogP contribution in [0.2, 0.25) is 0 Å². The van der Waals surface area contributed by atoms with Crippen molar-refractivity contribution in [2.75, 3.05) is 36.5 Å². The summed E-state index contributed by atoms with van der Waals surface area (Å²) in [5, 5.41) is 3.24. The Labute approximate surface area is 163 Å². The minimum atomic E-state index is -0.134. The third kappa shape index (κ3) is 3.60. The highest BCUT2D eigenvalue weighted by Gasteiger charge is 2.16. The zero-order valence-corrected chi connectivity index (χ0v) is 16.3. The van der Waals surface area contributed by atoms with Crippen LogP contribution in [0.3, 0.4) is 0 Å². The maximum atomic E-state index is 12.4. The van der Waals surface area contributed by atoms with Crippen LogP contribution in [-0.4, -0.2) is 45.8 Å². The molecule has 0 bridgehead atoms. The van der Waals surface area contributed by atoms with Gasteiger partial charge in [0.05, 0.1) is 19.4 Å². The van der Waals surface area contributed by atoms with Crippen molar-refractivity contribution in [2.45, 2.75) is 32.7 Å². The standard InChI is InChI=1S/C20H26N6O2/c1-3-15(4-2)26-18-17(23-20(26)27)13-21-19(24-18)22-14-5-7-16(8-6-14)25-9-11-28-12-10-25/h5-8,13,15H,3-4,9-12H2,1-2H3,(H,23,27)(H,21,22,24). The maximum Gasteiger partial charge on any atom is 0.327 e. The van der Waals surface area contributed by atoms with E-state index in [1.807, 2.05) is 12.1 Å². The van der Waals surface area contributed by atoms with Gasteiger partial charge in [0.2, 0.25) is 5.95 Å². The molecule has 1 aliphatic heterocycles. The highest BCUT2D eigenvalue weighted by atomic mass is 16.5. The Morgan fingerprint density at radius 2 is 1.89 bits per heavy atom. The summed E-state index contributed by atoms with van der Waals surface area (Å²) >= 11 is 0. The monoisotopic (exact) mass is 382 g/mol. The topological polar surface area (TPSA) is 88.1 Å². The lowest BCUT2D eigenvalue weighted by molar-refractivity contribution is 0.122. The number of nitrogens with one attached hydrogen (secondary N) is 2. The average Bonchev–Trinajstić information content (AvgIpc) is 3.06. The second kappa shape index (κ2) is 8.02. The van der Waals surface area contributed by atoms with Crippen LogP contribution in [0.5, 0.6) is 0 Å². The van der Waals surface area contributed by atoms with Crippen molar-refractivity contribution in [1.29, 1.82) is 0 Å². The van der Waals surface area contributed by atoms with Crippen molar-refractivity contribution in [1.82, 2.24) is 19.5 Å². The molecular formula is C20H26N6O2. The first kappa shape index (κ1) is 18.5. The summed E-state index contributed by atoms with van der Waals surface area (Å²) in [4.78, 5) is 26.5. The van der Waals surface area contributed by atoms with Crippen LogP contribution in [0.25, 0.3) is 11.2 Å². The van der Waals surface area contributed by atoms with Crippen LogP contribution in [0.1, 0.15) is 32.7 Å². The van der Waals surface area contributed by atoms with Crippen LogP contribution < -0.4 is 15.9 Å². The molecule has 1 fully saturated rings. The van der Waals surface area contributed by atoms with Gasteiger partial charge in [-0.3, -0.25) is 4.57 Å². The van der Waals surface area contributed by atoms with E-state index in [0.29, 0.717) is 17.1 Å². The summed E-state index contributed by atoms with van der Waals surface area (Å²) in [7, 11) is 0. The molecule has 4 rings (SSSR count). The number of rotatable bonds is 6. The van der Waals surface area contributed by atoms with Gasteiger partial charge >= 0.3 is 5.69 Å². The van der Waals surface area contributed by atoms with Gasteiger partial charge in [-0.25, -0.2) is 9.78 Å². The van der Waals surface area contributed by atoms with Gasteiger partial charge in [0.15, 0.2) is 5.65 Å². The van der Waals surface area contributed by atoms with E-state index in [-0.39, 0.29) is 11.7 Å². The van der Waals surface area contributed by atoms with Crippen molar-refractivity contribution < 1.29 is 4.74 Å². The van der Waals surface area contributed by atoms with Crippen molar-refractivity contribution in [2.24, 2.45) is 0 Å². The molecule has 0 radical (unpaired) electrons. The molecule has 0 aliphatic carbocycles. The summed E-state index contributed by atoms with van der Waals surface area (Å²) in [6.45, 7) is 7.51. The maximum absolute atomic E-state index is 12.4.